The lowest BCUT2D eigenvalue weighted by molar-refractivity contribution is 0.0719. The largest absolute Gasteiger partial charge is 0.385 e. The Bertz CT molecular complexity index is 619. The SMILES string of the molecule is COCCCN(Cc1cccn1C)C(=O)c1ccccc1C. The maximum atomic E-state index is 12.9. The summed E-state index contributed by atoms with van der Waals surface area (Å²) < 4.78 is 7.17. The van der Waals surface area contributed by atoms with Crippen molar-refractivity contribution in [2.75, 3.05) is 20.3 Å². The third-order valence-corrected chi connectivity index (χ3v) is 3.84. The Balaban J connectivity index is 2.18. The first-order chi connectivity index (χ1) is 10.6. The summed E-state index contributed by atoms with van der Waals surface area (Å²) in [5, 5.41) is 0. The van der Waals surface area contributed by atoms with E-state index in [4.69, 9.17) is 4.74 Å². The van der Waals surface area contributed by atoms with E-state index < -0.39 is 0 Å². The van der Waals surface area contributed by atoms with Crippen LogP contribution in [-0.2, 0) is 18.3 Å². The Morgan fingerprint density at radius 2 is 2.00 bits per heavy atom. The van der Waals surface area contributed by atoms with E-state index in [0.717, 1.165) is 23.2 Å². The normalized spacial score (nSPS) is 10.7. The number of amides is 1. The third-order valence-electron chi connectivity index (χ3n) is 3.84. The molecule has 1 aromatic carbocycles. The summed E-state index contributed by atoms with van der Waals surface area (Å²) in [4.78, 5) is 14.8. The molecule has 0 atom stereocenters. The highest BCUT2D eigenvalue weighted by molar-refractivity contribution is 5.95. The molecule has 0 aliphatic heterocycles. The Morgan fingerprint density at radius 1 is 1.23 bits per heavy atom. The number of hydrogen-bond acceptors (Lipinski definition) is 2. The van der Waals surface area contributed by atoms with Gasteiger partial charge in [0.05, 0.1) is 6.54 Å². The number of benzene rings is 1. The minimum Gasteiger partial charge on any atom is -0.385 e. The van der Waals surface area contributed by atoms with Crippen molar-refractivity contribution in [2.45, 2.75) is 19.9 Å². The van der Waals surface area contributed by atoms with Gasteiger partial charge in [-0.2, -0.15) is 0 Å². The van der Waals surface area contributed by atoms with Crippen LogP contribution in [0.15, 0.2) is 42.6 Å². The molecule has 0 aliphatic rings. The summed E-state index contributed by atoms with van der Waals surface area (Å²) in [5.74, 6) is 0.0791. The Morgan fingerprint density at radius 3 is 2.64 bits per heavy atom. The van der Waals surface area contributed by atoms with Crippen molar-refractivity contribution in [3.8, 4) is 0 Å². The smallest absolute Gasteiger partial charge is 0.254 e. The molecule has 0 radical (unpaired) electrons. The minimum absolute atomic E-state index is 0.0791. The zero-order chi connectivity index (χ0) is 15.9. The molecule has 0 fully saturated rings. The van der Waals surface area contributed by atoms with E-state index in [0.29, 0.717) is 19.7 Å². The molecule has 0 unspecified atom stereocenters. The quantitative estimate of drug-likeness (QED) is 0.737. The molecule has 0 spiro atoms. The van der Waals surface area contributed by atoms with Crippen molar-refractivity contribution in [3.63, 3.8) is 0 Å². The highest BCUT2D eigenvalue weighted by Crippen LogP contribution is 2.14. The van der Waals surface area contributed by atoms with E-state index in [1.165, 1.54) is 0 Å². The van der Waals surface area contributed by atoms with Crippen LogP contribution in [0.4, 0.5) is 0 Å². The van der Waals surface area contributed by atoms with Gasteiger partial charge in [0.2, 0.25) is 0 Å². The molecule has 22 heavy (non-hydrogen) atoms. The minimum atomic E-state index is 0.0791. The van der Waals surface area contributed by atoms with E-state index >= 15 is 0 Å². The molecule has 0 N–H and O–H groups in total. The number of nitrogens with zero attached hydrogens (tertiary/aromatic N) is 2. The monoisotopic (exact) mass is 300 g/mol. The fourth-order valence-corrected chi connectivity index (χ4v) is 2.49. The van der Waals surface area contributed by atoms with Gasteiger partial charge in [0.15, 0.2) is 0 Å². The fraction of sp³-hybridized carbons (Fsp3) is 0.389. The Hall–Kier alpha value is -2.07. The molecule has 4 nitrogen and oxygen atoms in total. The second-order valence-electron chi connectivity index (χ2n) is 5.50. The van der Waals surface area contributed by atoms with Crippen molar-refractivity contribution >= 4 is 5.91 Å². The number of aryl methyl sites for hydroxylation is 2. The van der Waals surface area contributed by atoms with E-state index in [-0.39, 0.29) is 5.91 Å². The molecule has 2 rings (SSSR count). The van der Waals surface area contributed by atoms with E-state index in [9.17, 15) is 4.79 Å². The lowest BCUT2D eigenvalue weighted by atomic mass is 10.1. The number of methoxy groups -OCH3 is 1. The van der Waals surface area contributed by atoms with Crippen LogP contribution >= 0.6 is 0 Å². The lowest BCUT2D eigenvalue weighted by Gasteiger charge is -2.24. The van der Waals surface area contributed by atoms with Gasteiger partial charge in [-0.3, -0.25) is 4.79 Å². The van der Waals surface area contributed by atoms with Crippen LogP contribution in [0.5, 0.6) is 0 Å². The average Bonchev–Trinajstić information content (AvgIpc) is 2.91. The van der Waals surface area contributed by atoms with Gasteiger partial charge in [-0.05, 0) is 37.1 Å². The molecular formula is C18H24N2O2. The Labute approximate surface area is 132 Å². The molecular weight excluding hydrogens is 276 g/mol. The highest BCUT2D eigenvalue weighted by Gasteiger charge is 2.18. The average molecular weight is 300 g/mol. The summed E-state index contributed by atoms with van der Waals surface area (Å²) >= 11 is 0. The maximum absolute atomic E-state index is 12.9. The molecule has 1 aromatic heterocycles. The summed E-state index contributed by atoms with van der Waals surface area (Å²) in [6.45, 7) is 3.93. The first-order valence-electron chi connectivity index (χ1n) is 7.57. The molecule has 4 heteroatoms. The zero-order valence-corrected chi connectivity index (χ0v) is 13.6. The predicted molar refractivity (Wildman–Crippen MR) is 87.8 cm³/mol. The van der Waals surface area contributed by atoms with Crippen molar-refractivity contribution in [3.05, 3.63) is 59.4 Å². The van der Waals surface area contributed by atoms with Gasteiger partial charge in [-0.15, -0.1) is 0 Å². The molecule has 118 valence electrons. The Kier molecular flexibility index (Phi) is 5.78. The van der Waals surface area contributed by atoms with Crippen LogP contribution in [0.1, 0.15) is 28.0 Å². The number of ether oxygens (including phenoxy) is 1. The van der Waals surface area contributed by atoms with Crippen molar-refractivity contribution < 1.29 is 9.53 Å². The summed E-state index contributed by atoms with van der Waals surface area (Å²) in [5.41, 5.74) is 2.91. The highest BCUT2D eigenvalue weighted by atomic mass is 16.5. The molecule has 1 amide bonds. The molecule has 2 aromatic rings. The van der Waals surface area contributed by atoms with Crippen molar-refractivity contribution in [1.29, 1.82) is 0 Å². The van der Waals surface area contributed by atoms with Crippen LogP contribution in [-0.4, -0.2) is 35.6 Å². The molecule has 1 heterocycles. The van der Waals surface area contributed by atoms with Gasteiger partial charge in [-0.25, -0.2) is 0 Å². The van der Waals surface area contributed by atoms with Gasteiger partial charge in [0.1, 0.15) is 0 Å². The van der Waals surface area contributed by atoms with Crippen LogP contribution in [0.3, 0.4) is 0 Å². The topological polar surface area (TPSA) is 34.5 Å². The summed E-state index contributed by atoms with van der Waals surface area (Å²) in [6, 6.07) is 11.8. The maximum Gasteiger partial charge on any atom is 0.254 e. The van der Waals surface area contributed by atoms with Crippen LogP contribution in [0.25, 0.3) is 0 Å². The standard InChI is InChI=1S/C18H24N2O2/c1-15-8-4-5-10-17(15)18(21)20(12-7-13-22-3)14-16-9-6-11-19(16)2/h4-6,8-11H,7,12-14H2,1-3H3. The number of carbonyl (C=O) groups is 1. The van der Waals surface area contributed by atoms with Gasteiger partial charge < -0.3 is 14.2 Å². The number of rotatable bonds is 7. The number of hydrogen-bond donors (Lipinski definition) is 0. The van der Waals surface area contributed by atoms with Gasteiger partial charge in [0, 0.05) is 44.8 Å². The number of carbonyl (C=O) groups excluding carboxylic acids is 1. The first-order valence-corrected chi connectivity index (χ1v) is 7.57. The van der Waals surface area contributed by atoms with E-state index in [1.54, 1.807) is 7.11 Å². The van der Waals surface area contributed by atoms with Crippen LogP contribution in [0.2, 0.25) is 0 Å². The molecule has 0 saturated heterocycles. The second kappa shape index (κ2) is 7.80. The van der Waals surface area contributed by atoms with E-state index in [1.807, 2.05) is 55.4 Å². The number of aromatic nitrogens is 1. The molecule has 0 saturated carbocycles. The van der Waals surface area contributed by atoms with Gasteiger partial charge in [-0.1, -0.05) is 18.2 Å². The van der Waals surface area contributed by atoms with Crippen molar-refractivity contribution in [1.82, 2.24) is 9.47 Å². The predicted octanol–water partition coefficient (Wildman–Crippen LogP) is 3.01. The summed E-state index contributed by atoms with van der Waals surface area (Å²) in [6.07, 6.45) is 2.83. The third kappa shape index (κ3) is 3.98. The van der Waals surface area contributed by atoms with Crippen molar-refractivity contribution in [2.24, 2.45) is 7.05 Å². The van der Waals surface area contributed by atoms with E-state index in [2.05, 4.69) is 10.6 Å². The molecule has 0 aliphatic carbocycles. The van der Waals surface area contributed by atoms with Gasteiger partial charge >= 0.3 is 0 Å². The van der Waals surface area contributed by atoms with Crippen LogP contribution in [0, 0.1) is 6.92 Å². The second-order valence-corrected chi connectivity index (χ2v) is 5.50. The fourth-order valence-electron chi connectivity index (χ4n) is 2.49. The molecule has 0 bridgehead atoms. The zero-order valence-electron chi connectivity index (χ0n) is 13.6. The first kappa shape index (κ1) is 16.3. The summed E-state index contributed by atoms with van der Waals surface area (Å²) in [7, 11) is 3.69. The van der Waals surface area contributed by atoms with Gasteiger partial charge in [0.25, 0.3) is 5.91 Å². The lowest BCUT2D eigenvalue weighted by Crippen LogP contribution is -2.33. The van der Waals surface area contributed by atoms with Crippen LogP contribution < -0.4 is 0 Å².